The molecule has 8 heteroatoms. The molecule has 1 aromatic carbocycles. The lowest BCUT2D eigenvalue weighted by molar-refractivity contribution is -0.384. The summed E-state index contributed by atoms with van der Waals surface area (Å²) in [6, 6.07) is 4.47. The number of esters is 1. The van der Waals surface area contributed by atoms with Gasteiger partial charge in [0.05, 0.1) is 10.5 Å². The summed E-state index contributed by atoms with van der Waals surface area (Å²) in [7, 11) is 0. The first-order chi connectivity index (χ1) is 16.2. The van der Waals surface area contributed by atoms with Gasteiger partial charge in [-0.25, -0.2) is 4.79 Å². The second kappa shape index (κ2) is 8.86. The van der Waals surface area contributed by atoms with Crippen LogP contribution in [0.4, 0.5) is 11.4 Å². The lowest BCUT2D eigenvalue weighted by atomic mass is 9.53. The van der Waals surface area contributed by atoms with Crippen molar-refractivity contribution in [1.29, 1.82) is 0 Å². The molecule has 1 saturated heterocycles. The monoisotopic (exact) mass is 469 g/mol. The molecule has 2 unspecified atom stereocenters. The molecule has 1 aliphatic heterocycles. The van der Waals surface area contributed by atoms with E-state index in [-0.39, 0.29) is 29.3 Å². The van der Waals surface area contributed by atoms with Crippen molar-refractivity contribution in [3.05, 3.63) is 33.9 Å². The summed E-state index contributed by atoms with van der Waals surface area (Å²) in [5, 5.41) is 15.0. The molecule has 5 fully saturated rings. The molecule has 0 aromatic heterocycles. The predicted molar refractivity (Wildman–Crippen MR) is 128 cm³/mol. The largest absolute Gasteiger partial charge is 0.452 e. The van der Waals surface area contributed by atoms with Crippen molar-refractivity contribution in [3.63, 3.8) is 0 Å². The third-order valence-electron chi connectivity index (χ3n) is 8.39. The Kier molecular flexibility index (Phi) is 6.02. The molecule has 1 amide bonds. The van der Waals surface area contributed by atoms with E-state index in [1.165, 1.54) is 25.3 Å². The Morgan fingerprint density at radius 2 is 1.65 bits per heavy atom. The third-order valence-corrected chi connectivity index (χ3v) is 8.39. The van der Waals surface area contributed by atoms with Crippen LogP contribution in [-0.4, -0.2) is 42.0 Å². The number of nitrogens with one attached hydrogen (secondary N) is 1. The fourth-order valence-corrected chi connectivity index (χ4v) is 7.73. The number of nitrogens with zero attached hydrogens (tertiary/aromatic N) is 2. The Morgan fingerprint density at radius 1 is 1.06 bits per heavy atom. The molecule has 8 nitrogen and oxygen atoms in total. The van der Waals surface area contributed by atoms with E-state index in [1.807, 2.05) is 4.90 Å². The van der Waals surface area contributed by atoms with Gasteiger partial charge in [0.15, 0.2) is 6.61 Å². The molecule has 4 bridgehead atoms. The zero-order valence-corrected chi connectivity index (χ0v) is 20.1. The van der Waals surface area contributed by atoms with E-state index in [4.69, 9.17) is 4.74 Å². The summed E-state index contributed by atoms with van der Waals surface area (Å²) in [4.78, 5) is 38.7. The number of rotatable bonds is 6. The molecule has 184 valence electrons. The molecule has 2 atom stereocenters. The van der Waals surface area contributed by atoms with E-state index in [0.717, 1.165) is 38.8 Å². The van der Waals surface area contributed by atoms with Crippen LogP contribution in [0.3, 0.4) is 0 Å². The van der Waals surface area contributed by atoms with Crippen molar-refractivity contribution in [3.8, 4) is 0 Å². The minimum absolute atomic E-state index is 0.0937. The molecule has 1 aromatic rings. The van der Waals surface area contributed by atoms with Gasteiger partial charge in [-0.15, -0.1) is 0 Å². The van der Waals surface area contributed by atoms with Crippen molar-refractivity contribution in [2.45, 2.75) is 64.3 Å². The number of benzene rings is 1. The summed E-state index contributed by atoms with van der Waals surface area (Å²) >= 11 is 0. The minimum atomic E-state index is -0.712. The van der Waals surface area contributed by atoms with Crippen LogP contribution < -0.4 is 10.2 Å². The lowest BCUT2D eigenvalue weighted by Gasteiger charge is -2.56. The van der Waals surface area contributed by atoms with Crippen LogP contribution in [0.5, 0.6) is 0 Å². The molecule has 34 heavy (non-hydrogen) atoms. The molecule has 6 rings (SSSR count). The van der Waals surface area contributed by atoms with Gasteiger partial charge >= 0.3 is 5.97 Å². The summed E-state index contributed by atoms with van der Waals surface area (Å²) < 4.78 is 5.27. The van der Waals surface area contributed by atoms with Crippen LogP contribution in [0, 0.1) is 39.7 Å². The number of hydrogen-bond acceptors (Lipinski definition) is 6. The smallest absolute Gasteiger partial charge is 0.338 e. The van der Waals surface area contributed by atoms with E-state index >= 15 is 0 Å². The van der Waals surface area contributed by atoms with Crippen LogP contribution in [0.15, 0.2) is 18.2 Å². The number of ether oxygens (including phenoxy) is 1. The van der Waals surface area contributed by atoms with Crippen molar-refractivity contribution in [2.24, 2.45) is 29.6 Å². The summed E-state index contributed by atoms with van der Waals surface area (Å²) in [6.07, 6.45) is 8.04. The summed E-state index contributed by atoms with van der Waals surface area (Å²) in [6.45, 7) is 5.43. The maximum absolute atomic E-state index is 12.7. The minimum Gasteiger partial charge on any atom is -0.452 e. The number of carbonyl (C=O) groups is 2. The maximum Gasteiger partial charge on any atom is 0.338 e. The average molecular weight is 470 g/mol. The van der Waals surface area contributed by atoms with Crippen molar-refractivity contribution in [2.75, 3.05) is 24.6 Å². The van der Waals surface area contributed by atoms with Crippen LogP contribution in [0.1, 0.15) is 69.2 Å². The van der Waals surface area contributed by atoms with Gasteiger partial charge in [0.1, 0.15) is 5.69 Å². The zero-order valence-electron chi connectivity index (χ0n) is 20.1. The molecule has 4 aliphatic carbocycles. The van der Waals surface area contributed by atoms with E-state index < -0.39 is 10.9 Å². The third kappa shape index (κ3) is 4.64. The Hall–Kier alpha value is -2.64. The highest BCUT2D eigenvalue weighted by Crippen LogP contribution is 2.55. The van der Waals surface area contributed by atoms with Crippen LogP contribution >= 0.6 is 0 Å². The van der Waals surface area contributed by atoms with Crippen molar-refractivity contribution in [1.82, 2.24) is 5.32 Å². The quantitative estimate of drug-likeness (QED) is 0.378. The molecule has 0 radical (unpaired) electrons. The maximum atomic E-state index is 12.7. The number of nitro groups is 1. The van der Waals surface area contributed by atoms with Gasteiger partial charge in [0.25, 0.3) is 11.6 Å². The number of carbonyl (C=O) groups excluding carboxylic acids is 2. The number of nitro benzene ring substituents is 1. The van der Waals surface area contributed by atoms with Gasteiger partial charge in [-0.05, 0) is 86.7 Å². The van der Waals surface area contributed by atoms with Gasteiger partial charge in [-0.1, -0.05) is 13.8 Å². The highest BCUT2D eigenvalue weighted by atomic mass is 16.6. The van der Waals surface area contributed by atoms with E-state index in [1.54, 1.807) is 12.1 Å². The van der Waals surface area contributed by atoms with Gasteiger partial charge < -0.3 is 15.0 Å². The molecule has 1 heterocycles. The normalized spacial score (nSPS) is 34.1. The van der Waals surface area contributed by atoms with Crippen LogP contribution in [0.25, 0.3) is 0 Å². The number of piperidine rings is 1. The van der Waals surface area contributed by atoms with Crippen LogP contribution in [-0.2, 0) is 9.53 Å². The highest BCUT2D eigenvalue weighted by Gasteiger charge is 2.51. The molecule has 0 spiro atoms. The zero-order chi connectivity index (χ0) is 24.0. The fraction of sp³-hybridized carbons (Fsp3) is 0.692. The Balaban J connectivity index is 1.22. The second-order valence-corrected chi connectivity index (χ2v) is 11.6. The Morgan fingerprint density at radius 3 is 2.21 bits per heavy atom. The summed E-state index contributed by atoms with van der Waals surface area (Å²) in [5.74, 6) is 2.02. The first kappa shape index (κ1) is 23.1. The SMILES string of the molecule is CC1CC(C)CN(c2ccc(C(=O)OCC(=O)NC34CC5CC(CC(C5)C3)C4)cc2[N+](=O)[O-])C1. The molecular formula is C26H35N3O5. The van der Waals surface area contributed by atoms with Crippen molar-refractivity contribution < 1.29 is 19.2 Å². The highest BCUT2D eigenvalue weighted by molar-refractivity contribution is 5.93. The number of amides is 1. The van der Waals surface area contributed by atoms with E-state index in [9.17, 15) is 19.7 Å². The fourth-order valence-electron chi connectivity index (χ4n) is 7.73. The van der Waals surface area contributed by atoms with Gasteiger partial charge in [0.2, 0.25) is 0 Å². The van der Waals surface area contributed by atoms with Gasteiger partial charge in [-0.2, -0.15) is 0 Å². The topological polar surface area (TPSA) is 102 Å². The number of hydrogen-bond donors (Lipinski definition) is 1. The first-order valence-electron chi connectivity index (χ1n) is 12.7. The first-order valence-corrected chi connectivity index (χ1v) is 12.7. The molecule has 4 saturated carbocycles. The Labute approximate surface area is 200 Å². The summed E-state index contributed by atoms with van der Waals surface area (Å²) in [5.41, 5.74) is 0.380. The van der Waals surface area contributed by atoms with E-state index in [0.29, 0.717) is 35.3 Å². The molecule has 1 N–H and O–H groups in total. The van der Waals surface area contributed by atoms with Crippen LogP contribution in [0.2, 0.25) is 0 Å². The standard InChI is InChI=1S/C26H35N3O5/c1-16-5-17(2)14-28(13-16)22-4-3-21(9-23(22)29(32)33)25(31)34-15-24(30)27-26-10-18-6-19(11-26)8-20(7-18)12-26/h3-4,9,16-20H,5-8,10-15H2,1-2H3,(H,27,30). The predicted octanol–water partition coefficient (Wildman–Crippen LogP) is 4.32. The lowest BCUT2D eigenvalue weighted by Crippen LogP contribution is -2.60. The van der Waals surface area contributed by atoms with Gasteiger partial charge in [0, 0.05) is 24.7 Å². The van der Waals surface area contributed by atoms with E-state index in [2.05, 4.69) is 19.2 Å². The van der Waals surface area contributed by atoms with Crippen molar-refractivity contribution >= 4 is 23.3 Å². The Bertz CT molecular complexity index is 947. The number of anilines is 1. The molecular weight excluding hydrogens is 434 g/mol. The molecule has 5 aliphatic rings. The second-order valence-electron chi connectivity index (χ2n) is 11.6. The van der Waals surface area contributed by atoms with Gasteiger partial charge in [-0.3, -0.25) is 14.9 Å². The average Bonchev–Trinajstić information content (AvgIpc) is 2.75.